The summed E-state index contributed by atoms with van der Waals surface area (Å²) in [6, 6.07) is -1.28. The van der Waals surface area contributed by atoms with Crippen LogP contribution in [0, 0.1) is 0 Å². The van der Waals surface area contributed by atoms with Gasteiger partial charge < -0.3 is 41.0 Å². The van der Waals surface area contributed by atoms with Crippen LogP contribution in [0.3, 0.4) is 0 Å². The number of hydrogen-bond donors (Lipinski definition) is 5. The van der Waals surface area contributed by atoms with E-state index in [-0.39, 0.29) is 30.7 Å². The second-order valence-electron chi connectivity index (χ2n) is 9.24. The molecule has 0 spiro atoms. The van der Waals surface area contributed by atoms with Crippen LogP contribution in [0.25, 0.3) is 0 Å². The number of carboxylic acid groups (broad SMARTS) is 1. The molecular weight excluding hydrogens is 486 g/mol. The fourth-order valence-corrected chi connectivity index (χ4v) is 3.87. The number of carboxylic acids is 1. The molecule has 1 heterocycles. The Labute approximate surface area is 218 Å². The van der Waals surface area contributed by atoms with E-state index in [0.717, 1.165) is 6.42 Å². The molecule has 0 aromatic heterocycles. The molecule has 7 N–H and O–H groups in total. The third-order valence-electron chi connectivity index (χ3n) is 5.94. The lowest BCUT2D eigenvalue weighted by molar-refractivity contribution is -0.137. The summed E-state index contributed by atoms with van der Waals surface area (Å²) in [5.41, 5.74) is 10.4. The second kappa shape index (κ2) is 18.2. The van der Waals surface area contributed by atoms with Crippen LogP contribution in [-0.4, -0.2) is 111 Å². The Morgan fingerprint density at radius 3 is 2.16 bits per heavy atom. The molecule has 0 bridgehead atoms. The number of carbonyl (C=O) groups is 4. The molecule has 13 heteroatoms. The first-order valence-electron chi connectivity index (χ1n) is 12.9. The molecule has 0 saturated carbocycles. The average molecular weight is 532 g/mol. The molecule has 3 unspecified atom stereocenters. The first kappa shape index (κ1) is 32.9. The van der Waals surface area contributed by atoms with E-state index in [4.69, 9.17) is 30.8 Å². The number of carbonyl (C=O) groups excluding carboxylic acids is 3. The van der Waals surface area contributed by atoms with Crippen molar-refractivity contribution in [2.75, 3.05) is 59.3 Å². The smallest absolute Gasteiger partial charge is 0.303 e. The lowest BCUT2D eigenvalue weighted by atomic mass is 9.98. The fraction of sp³-hybridized carbons (Fsp3) is 0.833. The van der Waals surface area contributed by atoms with Gasteiger partial charge in [0, 0.05) is 39.6 Å². The van der Waals surface area contributed by atoms with Gasteiger partial charge in [-0.15, -0.1) is 0 Å². The van der Waals surface area contributed by atoms with Crippen LogP contribution < -0.4 is 22.1 Å². The molecule has 0 radical (unpaired) electrons. The van der Waals surface area contributed by atoms with Crippen LogP contribution in [0.5, 0.6) is 0 Å². The summed E-state index contributed by atoms with van der Waals surface area (Å²) in [6.07, 6.45) is 2.72. The Morgan fingerprint density at radius 2 is 1.59 bits per heavy atom. The summed E-state index contributed by atoms with van der Waals surface area (Å²) in [6.45, 7) is 7.26. The van der Waals surface area contributed by atoms with E-state index in [2.05, 4.69) is 10.6 Å². The Hall–Kier alpha value is -2.16. The van der Waals surface area contributed by atoms with Crippen molar-refractivity contribution >= 4 is 23.6 Å². The monoisotopic (exact) mass is 531 g/mol. The van der Waals surface area contributed by atoms with Crippen molar-refractivity contribution in [1.82, 2.24) is 15.5 Å². The van der Waals surface area contributed by atoms with Gasteiger partial charge in [-0.05, 0) is 45.6 Å². The second-order valence-corrected chi connectivity index (χ2v) is 9.24. The number of Topliss-reactive ketones (excluding diaryl/α,β-unsaturated/α-hetero) is 1. The minimum Gasteiger partial charge on any atom is -0.481 e. The maximum Gasteiger partial charge on any atom is 0.303 e. The van der Waals surface area contributed by atoms with Gasteiger partial charge >= 0.3 is 5.97 Å². The van der Waals surface area contributed by atoms with Crippen LogP contribution in [0.15, 0.2) is 0 Å². The number of ether oxygens (including phenoxy) is 3. The molecule has 1 aliphatic heterocycles. The topological polar surface area (TPSA) is 196 Å². The SMILES string of the molecule is CC(=O)N1CCCC1C(=O)NCCCOCCOCCOCCCNC(C)(N)C(=O)C(N)CCC(=O)O. The molecule has 2 amide bonds. The number of rotatable bonds is 21. The molecule has 214 valence electrons. The van der Waals surface area contributed by atoms with Crippen molar-refractivity contribution in [3.05, 3.63) is 0 Å². The van der Waals surface area contributed by atoms with Crippen molar-refractivity contribution < 1.29 is 38.5 Å². The number of ketones is 1. The van der Waals surface area contributed by atoms with Crippen molar-refractivity contribution in [1.29, 1.82) is 0 Å². The maximum atomic E-state index is 12.3. The highest BCUT2D eigenvalue weighted by Gasteiger charge is 2.32. The molecule has 0 aliphatic carbocycles. The third-order valence-corrected chi connectivity index (χ3v) is 5.94. The van der Waals surface area contributed by atoms with Crippen molar-refractivity contribution in [2.24, 2.45) is 11.5 Å². The van der Waals surface area contributed by atoms with E-state index in [0.29, 0.717) is 78.5 Å². The van der Waals surface area contributed by atoms with Gasteiger partial charge in [-0.1, -0.05) is 0 Å². The average Bonchev–Trinajstić information content (AvgIpc) is 3.35. The molecule has 1 fully saturated rings. The minimum atomic E-state index is -1.33. The summed E-state index contributed by atoms with van der Waals surface area (Å²) < 4.78 is 16.4. The number of nitrogens with zero attached hydrogens (tertiary/aromatic N) is 1. The van der Waals surface area contributed by atoms with E-state index >= 15 is 0 Å². The number of nitrogens with two attached hydrogens (primary N) is 2. The van der Waals surface area contributed by atoms with Gasteiger partial charge in [0.1, 0.15) is 11.7 Å². The Bertz CT molecular complexity index is 721. The first-order chi connectivity index (χ1) is 17.6. The van der Waals surface area contributed by atoms with E-state index in [1.165, 1.54) is 13.8 Å². The quantitative estimate of drug-likeness (QED) is 0.0897. The largest absolute Gasteiger partial charge is 0.481 e. The van der Waals surface area contributed by atoms with E-state index < -0.39 is 23.5 Å². The van der Waals surface area contributed by atoms with Gasteiger partial charge in [-0.2, -0.15) is 0 Å². The summed E-state index contributed by atoms with van der Waals surface area (Å²) in [5.74, 6) is -1.61. The summed E-state index contributed by atoms with van der Waals surface area (Å²) in [4.78, 5) is 48.2. The molecule has 3 atom stereocenters. The zero-order valence-corrected chi connectivity index (χ0v) is 22.2. The zero-order valence-electron chi connectivity index (χ0n) is 22.2. The van der Waals surface area contributed by atoms with Crippen LogP contribution in [0.2, 0.25) is 0 Å². The van der Waals surface area contributed by atoms with E-state index in [1.807, 2.05) is 0 Å². The molecule has 0 aromatic rings. The highest BCUT2D eigenvalue weighted by atomic mass is 16.5. The molecule has 0 aromatic carbocycles. The molecule has 1 saturated heterocycles. The first-order valence-corrected chi connectivity index (χ1v) is 12.9. The number of aliphatic carboxylic acids is 1. The lowest BCUT2D eigenvalue weighted by Gasteiger charge is -2.27. The van der Waals surface area contributed by atoms with Crippen molar-refractivity contribution in [3.63, 3.8) is 0 Å². The van der Waals surface area contributed by atoms with Gasteiger partial charge in [-0.25, -0.2) is 0 Å². The lowest BCUT2D eigenvalue weighted by Crippen LogP contribution is -2.62. The minimum absolute atomic E-state index is 0.0392. The molecular formula is C24H45N5O8. The summed E-state index contributed by atoms with van der Waals surface area (Å²) in [5, 5.41) is 14.5. The highest BCUT2D eigenvalue weighted by Crippen LogP contribution is 2.17. The number of hydrogen-bond acceptors (Lipinski definition) is 10. The van der Waals surface area contributed by atoms with Crippen LogP contribution in [-0.2, 0) is 33.4 Å². The Morgan fingerprint density at radius 1 is 1.03 bits per heavy atom. The molecule has 1 rings (SSSR count). The standard InChI is InChI=1S/C24H45N5O8/c1-18(30)29-11-3-6-20(29)23(34)27-9-4-12-35-14-16-37-17-15-36-13-5-10-28-24(2,26)22(33)19(25)7-8-21(31)32/h19-20,28H,3-17,25-26H2,1-2H3,(H,27,34)(H,31,32). The van der Waals surface area contributed by atoms with Gasteiger partial charge in [0.25, 0.3) is 0 Å². The number of amides is 2. The maximum absolute atomic E-state index is 12.3. The van der Waals surface area contributed by atoms with Crippen molar-refractivity contribution in [3.8, 4) is 0 Å². The molecule has 13 nitrogen and oxygen atoms in total. The summed E-state index contributed by atoms with van der Waals surface area (Å²) in [7, 11) is 0. The van der Waals surface area contributed by atoms with E-state index in [1.54, 1.807) is 4.90 Å². The van der Waals surface area contributed by atoms with Crippen LogP contribution in [0.4, 0.5) is 0 Å². The van der Waals surface area contributed by atoms with Crippen LogP contribution in [0.1, 0.15) is 52.4 Å². The van der Waals surface area contributed by atoms with Gasteiger partial charge in [0.05, 0.1) is 32.5 Å². The molecule has 37 heavy (non-hydrogen) atoms. The fourth-order valence-electron chi connectivity index (χ4n) is 3.87. The van der Waals surface area contributed by atoms with Gasteiger partial charge in [0.15, 0.2) is 5.78 Å². The van der Waals surface area contributed by atoms with Gasteiger partial charge in [0.2, 0.25) is 11.8 Å². The molecule has 1 aliphatic rings. The Kier molecular flexibility index (Phi) is 16.1. The highest BCUT2D eigenvalue weighted by molar-refractivity contribution is 5.92. The van der Waals surface area contributed by atoms with Gasteiger partial charge in [-0.3, -0.25) is 24.5 Å². The predicted octanol–water partition coefficient (Wildman–Crippen LogP) is -1.03. The Balaban J connectivity index is 1.92. The predicted molar refractivity (Wildman–Crippen MR) is 136 cm³/mol. The zero-order chi connectivity index (χ0) is 27.7. The number of nitrogens with one attached hydrogen (secondary N) is 2. The third kappa shape index (κ3) is 13.8. The van der Waals surface area contributed by atoms with Crippen molar-refractivity contribution in [2.45, 2.75) is 70.1 Å². The normalized spacial score (nSPS) is 17.8. The van der Waals surface area contributed by atoms with E-state index in [9.17, 15) is 19.2 Å². The summed E-state index contributed by atoms with van der Waals surface area (Å²) >= 11 is 0. The number of likely N-dealkylation sites (tertiary alicyclic amines) is 1. The van der Waals surface area contributed by atoms with Crippen LogP contribution >= 0.6 is 0 Å².